The number of aryl methyl sites for hydroxylation is 1. The van der Waals surface area contributed by atoms with E-state index < -0.39 is 5.60 Å². The Balaban J connectivity index is 1.47. The number of esters is 1. The van der Waals surface area contributed by atoms with E-state index in [1.807, 2.05) is 24.3 Å². The predicted molar refractivity (Wildman–Crippen MR) is 117 cm³/mol. The second-order valence-electron chi connectivity index (χ2n) is 9.23. The van der Waals surface area contributed by atoms with E-state index in [9.17, 15) is 9.90 Å². The van der Waals surface area contributed by atoms with E-state index in [-0.39, 0.29) is 23.6 Å². The summed E-state index contributed by atoms with van der Waals surface area (Å²) in [5.41, 5.74) is 2.13. The van der Waals surface area contributed by atoms with E-state index in [0.717, 1.165) is 56.9 Å². The van der Waals surface area contributed by atoms with E-state index in [1.165, 1.54) is 5.56 Å². The van der Waals surface area contributed by atoms with Gasteiger partial charge >= 0.3 is 5.97 Å². The minimum absolute atomic E-state index is 0.0465. The van der Waals surface area contributed by atoms with Gasteiger partial charge in [0.25, 0.3) is 0 Å². The molecule has 2 saturated carbocycles. The van der Waals surface area contributed by atoms with E-state index in [1.54, 1.807) is 0 Å². The van der Waals surface area contributed by atoms with Crippen LogP contribution in [0.3, 0.4) is 0 Å². The average molecular weight is 403 g/mol. The lowest BCUT2D eigenvalue weighted by atomic mass is 9.71. The molecule has 5 rings (SSSR count). The Morgan fingerprint density at radius 3 is 2.37 bits per heavy atom. The van der Waals surface area contributed by atoms with Gasteiger partial charge < -0.3 is 9.84 Å². The number of hydrogen-bond donors (Lipinski definition) is 1. The summed E-state index contributed by atoms with van der Waals surface area (Å²) >= 11 is 0. The van der Waals surface area contributed by atoms with Crippen LogP contribution in [-0.4, -0.2) is 16.7 Å². The molecule has 2 aromatic rings. The van der Waals surface area contributed by atoms with Crippen molar-refractivity contribution in [3.8, 4) is 0 Å². The smallest absolute Gasteiger partial charge is 0.339 e. The maximum Gasteiger partial charge on any atom is 0.339 e. The summed E-state index contributed by atoms with van der Waals surface area (Å²) in [6, 6.07) is 20.7. The molecule has 3 unspecified atom stereocenters. The van der Waals surface area contributed by atoms with Gasteiger partial charge in [0.15, 0.2) is 5.60 Å². The molecular formula is C27H30O3. The van der Waals surface area contributed by atoms with Gasteiger partial charge in [-0.3, -0.25) is 0 Å². The average Bonchev–Trinajstić information content (AvgIpc) is 3.59. The number of carbonyl (C=O) groups excluding carboxylic acids is 1. The fraction of sp³-hybridized carbons (Fsp3) is 0.444. The zero-order chi connectivity index (χ0) is 20.6. The van der Waals surface area contributed by atoms with Crippen LogP contribution in [0, 0.1) is 11.8 Å². The Labute approximate surface area is 178 Å². The molecule has 156 valence electrons. The van der Waals surface area contributed by atoms with Crippen LogP contribution in [0.4, 0.5) is 0 Å². The summed E-state index contributed by atoms with van der Waals surface area (Å²) in [4.78, 5) is 13.2. The fourth-order valence-electron chi connectivity index (χ4n) is 5.66. The minimum atomic E-state index is -0.818. The van der Waals surface area contributed by atoms with E-state index in [4.69, 9.17) is 4.74 Å². The van der Waals surface area contributed by atoms with Crippen molar-refractivity contribution in [2.45, 2.75) is 62.9 Å². The minimum Gasteiger partial charge on any atom is -0.507 e. The van der Waals surface area contributed by atoms with Crippen LogP contribution >= 0.6 is 0 Å². The predicted octanol–water partition coefficient (Wildman–Crippen LogP) is 6.11. The lowest BCUT2D eigenvalue weighted by Gasteiger charge is -2.40. The van der Waals surface area contributed by atoms with E-state index in [2.05, 4.69) is 36.4 Å². The Morgan fingerprint density at radius 2 is 1.67 bits per heavy atom. The van der Waals surface area contributed by atoms with Crippen LogP contribution in [0.2, 0.25) is 0 Å². The number of rotatable bonds is 6. The van der Waals surface area contributed by atoms with Crippen molar-refractivity contribution >= 4 is 5.97 Å². The topological polar surface area (TPSA) is 46.5 Å². The molecule has 2 fully saturated rings. The maximum atomic E-state index is 13.2. The van der Waals surface area contributed by atoms with Gasteiger partial charge in [-0.05, 0) is 62.0 Å². The fourth-order valence-corrected chi connectivity index (χ4v) is 5.66. The first kappa shape index (κ1) is 19.4. The second kappa shape index (κ2) is 7.94. The van der Waals surface area contributed by atoms with Crippen molar-refractivity contribution < 1.29 is 14.6 Å². The SMILES string of the molecule is O=C1OC2(CCCCC2CCc2ccccc2)C(O)=C1C(c1ccccc1)C1CC1. The molecule has 3 aliphatic rings. The third kappa shape index (κ3) is 3.45. The lowest BCUT2D eigenvalue weighted by molar-refractivity contribution is -0.157. The van der Waals surface area contributed by atoms with Gasteiger partial charge in [-0.25, -0.2) is 4.79 Å². The Bertz CT molecular complexity index is 929. The Hall–Kier alpha value is -2.55. The number of aliphatic hydroxyl groups excluding tert-OH is 1. The van der Waals surface area contributed by atoms with Crippen molar-refractivity contribution in [3.63, 3.8) is 0 Å². The van der Waals surface area contributed by atoms with Gasteiger partial charge in [-0.15, -0.1) is 0 Å². The molecule has 30 heavy (non-hydrogen) atoms. The van der Waals surface area contributed by atoms with E-state index >= 15 is 0 Å². The molecule has 1 heterocycles. The largest absolute Gasteiger partial charge is 0.507 e. The molecule has 0 aromatic heterocycles. The molecular weight excluding hydrogens is 372 g/mol. The first-order chi connectivity index (χ1) is 14.7. The molecule has 0 radical (unpaired) electrons. The molecule has 2 aliphatic carbocycles. The zero-order valence-corrected chi connectivity index (χ0v) is 17.4. The van der Waals surface area contributed by atoms with Gasteiger partial charge in [0.05, 0.1) is 5.57 Å². The number of aliphatic hydroxyl groups is 1. The molecule has 3 heteroatoms. The highest BCUT2D eigenvalue weighted by Gasteiger charge is 2.56. The monoisotopic (exact) mass is 402 g/mol. The van der Waals surface area contributed by atoms with Crippen LogP contribution in [0.15, 0.2) is 72.0 Å². The van der Waals surface area contributed by atoms with Gasteiger partial charge in [0.2, 0.25) is 0 Å². The third-order valence-corrected chi connectivity index (χ3v) is 7.35. The Kier molecular flexibility index (Phi) is 5.14. The Morgan fingerprint density at radius 1 is 0.967 bits per heavy atom. The summed E-state index contributed by atoms with van der Waals surface area (Å²) in [6.45, 7) is 0. The molecule has 1 spiro atoms. The second-order valence-corrected chi connectivity index (χ2v) is 9.23. The molecule has 2 aromatic carbocycles. The van der Waals surface area contributed by atoms with Crippen molar-refractivity contribution in [2.24, 2.45) is 11.8 Å². The van der Waals surface area contributed by atoms with Crippen LogP contribution in [-0.2, 0) is 16.0 Å². The first-order valence-electron chi connectivity index (χ1n) is 11.4. The molecule has 0 saturated heterocycles. The molecule has 1 N–H and O–H groups in total. The van der Waals surface area contributed by atoms with Crippen molar-refractivity contribution in [1.82, 2.24) is 0 Å². The van der Waals surface area contributed by atoms with Gasteiger partial charge in [0.1, 0.15) is 5.76 Å². The highest BCUT2D eigenvalue weighted by Crippen LogP contribution is 2.54. The number of hydrogen-bond acceptors (Lipinski definition) is 3. The van der Waals surface area contributed by atoms with E-state index in [0.29, 0.717) is 11.5 Å². The highest BCUT2D eigenvalue weighted by molar-refractivity contribution is 5.94. The molecule has 0 amide bonds. The number of benzene rings is 2. The van der Waals surface area contributed by atoms with Crippen molar-refractivity contribution in [3.05, 3.63) is 83.1 Å². The number of ether oxygens (including phenoxy) is 1. The summed E-state index contributed by atoms with van der Waals surface area (Å²) < 4.78 is 6.13. The maximum absolute atomic E-state index is 13.2. The lowest BCUT2D eigenvalue weighted by Crippen LogP contribution is -2.43. The quantitative estimate of drug-likeness (QED) is 0.593. The summed E-state index contributed by atoms with van der Waals surface area (Å²) in [5, 5.41) is 11.5. The van der Waals surface area contributed by atoms with Crippen molar-refractivity contribution in [2.75, 3.05) is 0 Å². The molecule has 0 bridgehead atoms. The van der Waals surface area contributed by atoms with Gasteiger partial charge in [-0.2, -0.15) is 0 Å². The van der Waals surface area contributed by atoms with Crippen molar-refractivity contribution in [1.29, 1.82) is 0 Å². The zero-order valence-electron chi connectivity index (χ0n) is 17.4. The number of carbonyl (C=O) groups is 1. The first-order valence-corrected chi connectivity index (χ1v) is 11.4. The molecule has 3 atom stereocenters. The molecule has 1 aliphatic heterocycles. The van der Waals surface area contributed by atoms with Crippen LogP contribution < -0.4 is 0 Å². The van der Waals surface area contributed by atoms with Crippen LogP contribution in [0.25, 0.3) is 0 Å². The van der Waals surface area contributed by atoms with Gasteiger partial charge in [-0.1, -0.05) is 67.1 Å². The summed E-state index contributed by atoms with van der Waals surface area (Å²) in [6.07, 6.45) is 7.93. The van der Waals surface area contributed by atoms with Gasteiger partial charge in [0, 0.05) is 11.8 Å². The third-order valence-electron chi connectivity index (χ3n) is 7.35. The summed E-state index contributed by atoms with van der Waals surface area (Å²) in [5.74, 6) is 0.503. The summed E-state index contributed by atoms with van der Waals surface area (Å²) in [7, 11) is 0. The van der Waals surface area contributed by atoms with Crippen LogP contribution in [0.1, 0.15) is 62.0 Å². The molecule has 3 nitrogen and oxygen atoms in total. The van der Waals surface area contributed by atoms with Crippen LogP contribution in [0.5, 0.6) is 0 Å². The standard InChI is InChI=1S/C27H30O3/c28-25-24(23(21-15-16-21)20-11-5-2-6-12-20)26(29)30-27(25)18-8-7-13-22(27)17-14-19-9-3-1-4-10-19/h1-6,9-12,21-23,28H,7-8,13-18H2. The highest BCUT2D eigenvalue weighted by atomic mass is 16.6. The normalized spacial score (nSPS) is 27.3.